The van der Waals surface area contributed by atoms with Crippen LogP contribution in [0.1, 0.15) is 5.56 Å². The van der Waals surface area contributed by atoms with Gasteiger partial charge in [0.25, 0.3) is 0 Å². The fourth-order valence-corrected chi connectivity index (χ4v) is 2.33. The number of anilines is 4. The fraction of sp³-hybridized carbons (Fsp3) is 0.0714. The van der Waals surface area contributed by atoms with Crippen LogP contribution in [0, 0.1) is 0 Å². The molecule has 3 rings (SSSR count). The summed E-state index contributed by atoms with van der Waals surface area (Å²) in [4.78, 5) is 12.5. The molecule has 0 radical (unpaired) electrons. The lowest BCUT2D eigenvalue weighted by atomic mass is 10.2. The number of rotatable bonds is 5. The van der Waals surface area contributed by atoms with E-state index >= 15 is 0 Å². The molecule has 2 heterocycles. The Morgan fingerprint density at radius 1 is 1.05 bits per heavy atom. The smallest absolute Gasteiger partial charge is 0.188 e. The van der Waals surface area contributed by atoms with Crippen LogP contribution in [-0.4, -0.2) is 15.0 Å². The van der Waals surface area contributed by atoms with Crippen molar-refractivity contribution in [2.45, 2.75) is 6.54 Å². The first-order valence-corrected chi connectivity index (χ1v) is 7.25. The number of nitrogen functional groups attached to an aromatic ring is 1. The quantitative estimate of drug-likeness (QED) is 0.671. The molecule has 7 heteroatoms. The van der Waals surface area contributed by atoms with Crippen molar-refractivity contribution >= 4 is 33.8 Å². The van der Waals surface area contributed by atoms with Gasteiger partial charge in [0.2, 0.25) is 0 Å². The van der Waals surface area contributed by atoms with Crippen molar-refractivity contribution in [1.29, 1.82) is 0 Å². The van der Waals surface area contributed by atoms with E-state index in [2.05, 4.69) is 25.6 Å². The Kier molecular flexibility index (Phi) is 3.92. The molecule has 0 aliphatic heterocycles. The van der Waals surface area contributed by atoms with Gasteiger partial charge < -0.3 is 16.4 Å². The summed E-state index contributed by atoms with van der Waals surface area (Å²) in [5, 5.41) is 8.93. The van der Waals surface area contributed by atoms with Gasteiger partial charge in [-0.1, -0.05) is 30.3 Å². The molecule has 106 valence electrons. The highest BCUT2D eigenvalue weighted by Crippen LogP contribution is 2.26. The van der Waals surface area contributed by atoms with E-state index in [1.807, 2.05) is 35.7 Å². The maximum atomic E-state index is 6.09. The zero-order valence-electron chi connectivity index (χ0n) is 11.2. The zero-order valence-corrected chi connectivity index (χ0v) is 12.0. The largest absolute Gasteiger partial charge is 0.393 e. The molecular weight excluding hydrogens is 284 g/mol. The van der Waals surface area contributed by atoms with Crippen LogP contribution in [0.15, 0.2) is 48.2 Å². The number of nitrogens with one attached hydrogen (secondary N) is 2. The van der Waals surface area contributed by atoms with Crippen LogP contribution < -0.4 is 16.4 Å². The van der Waals surface area contributed by atoms with Crippen LogP contribution in [-0.2, 0) is 6.54 Å². The molecule has 0 spiro atoms. The van der Waals surface area contributed by atoms with E-state index in [1.165, 1.54) is 17.7 Å². The van der Waals surface area contributed by atoms with Gasteiger partial charge in [0.05, 0.1) is 0 Å². The lowest BCUT2D eigenvalue weighted by molar-refractivity contribution is 1.08. The molecule has 0 aliphatic rings. The Balaban J connectivity index is 1.74. The van der Waals surface area contributed by atoms with E-state index in [9.17, 15) is 0 Å². The summed E-state index contributed by atoms with van der Waals surface area (Å²) >= 11 is 1.48. The number of nitrogens with two attached hydrogens (primary N) is 1. The number of nitrogens with zero attached hydrogens (tertiary/aromatic N) is 3. The standard InChI is InChI=1S/C14H14N6S/c15-11-12(17-8-10-4-2-1-3-5-10)18-9-19-13(11)20-14-16-6-7-21-14/h1-7,9H,8,15H2,(H2,16,17,18,19,20). The number of hydrogen-bond donors (Lipinski definition) is 3. The van der Waals surface area contributed by atoms with E-state index in [0.29, 0.717) is 23.9 Å². The molecular formula is C14H14N6S. The van der Waals surface area contributed by atoms with E-state index in [4.69, 9.17) is 5.73 Å². The molecule has 0 bridgehead atoms. The first-order valence-electron chi connectivity index (χ1n) is 6.38. The summed E-state index contributed by atoms with van der Waals surface area (Å²) in [6, 6.07) is 10.1. The number of hydrogen-bond acceptors (Lipinski definition) is 7. The molecule has 0 saturated carbocycles. The van der Waals surface area contributed by atoms with Crippen molar-refractivity contribution in [3.05, 3.63) is 53.8 Å². The molecule has 0 aliphatic carbocycles. The van der Waals surface area contributed by atoms with Crippen LogP contribution in [0.25, 0.3) is 0 Å². The summed E-state index contributed by atoms with van der Waals surface area (Å²) < 4.78 is 0. The molecule has 0 amide bonds. The summed E-state index contributed by atoms with van der Waals surface area (Å²) in [7, 11) is 0. The third-order valence-electron chi connectivity index (χ3n) is 2.84. The number of thiazole rings is 1. The van der Waals surface area contributed by atoms with Crippen molar-refractivity contribution in [3.8, 4) is 0 Å². The van der Waals surface area contributed by atoms with E-state index in [1.54, 1.807) is 6.20 Å². The van der Waals surface area contributed by atoms with Crippen LogP contribution in [0.5, 0.6) is 0 Å². The number of aromatic nitrogens is 3. The summed E-state index contributed by atoms with van der Waals surface area (Å²) in [5.41, 5.74) is 7.72. The Bertz CT molecular complexity index is 699. The van der Waals surface area contributed by atoms with E-state index < -0.39 is 0 Å². The van der Waals surface area contributed by atoms with Crippen molar-refractivity contribution < 1.29 is 0 Å². The van der Waals surface area contributed by atoms with Gasteiger partial charge in [0, 0.05) is 18.1 Å². The predicted octanol–water partition coefficient (Wildman–Crippen LogP) is 2.87. The van der Waals surface area contributed by atoms with Gasteiger partial charge in [-0.2, -0.15) is 0 Å². The first kappa shape index (κ1) is 13.3. The third-order valence-corrected chi connectivity index (χ3v) is 3.53. The maximum Gasteiger partial charge on any atom is 0.188 e. The van der Waals surface area contributed by atoms with Crippen molar-refractivity contribution in [2.75, 3.05) is 16.4 Å². The van der Waals surface area contributed by atoms with Gasteiger partial charge in [0.1, 0.15) is 12.0 Å². The zero-order chi connectivity index (χ0) is 14.5. The SMILES string of the molecule is Nc1c(NCc2ccccc2)ncnc1Nc1nccs1. The lowest BCUT2D eigenvalue weighted by Gasteiger charge is -2.11. The lowest BCUT2D eigenvalue weighted by Crippen LogP contribution is -2.08. The molecule has 1 aromatic carbocycles. The highest BCUT2D eigenvalue weighted by molar-refractivity contribution is 7.13. The molecule has 21 heavy (non-hydrogen) atoms. The van der Waals surface area contributed by atoms with E-state index in [0.717, 1.165) is 10.7 Å². The van der Waals surface area contributed by atoms with Crippen LogP contribution >= 0.6 is 11.3 Å². The Hall–Kier alpha value is -2.67. The van der Waals surface area contributed by atoms with Crippen molar-refractivity contribution in [3.63, 3.8) is 0 Å². The molecule has 0 fully saturated rings. The number of benzene rings is 1. The highest BCUT2D eigenvalue weighted by Gasteiger charge is 2.09. The van der Waals surface area contributed by atoms with Crippen LogP contribution in [0.4, 0.5) is 22.5 Å². The molecule has 2 aromatic heterocycles. The van der Waals surface area contributed by atoms with Crippen molar-refractivity contribution in [2.24, 2.45) is 0 Å². The van der Waals surface area contributed by atoms with Crippen LogP contribution in [0.2, 0.25) is 0 Å². The Morgan fingerprint density at radius 2 is 1.86 bits per heavy atom. The van der Waals surface area contributed by atoms with Gasteiger partial charge in [-0.25, -0.2) is 15.0 Å². The van der Waals surface area contributed by atoms with Gasteiger partial charge in [-0.05, 0) is 5.56 Å². The minimum Gasteiger partial charge on any atom is -0.393 e. The normalized spacial score (nSPS) is 10.3. The average molecular weight is 298 g/mol. The summed E-state index contributed by atoms with van der Waals surface area (Å²) in [6.07, 6.45) is 3.19. The minimum atomic E-state index is 0.476. The first-order chi connectivity index (χ1) is 10.3. The molecule has 0 saturated heterocycles. The summed E-state index contributed by atoms with van der Waals surface area (Å²) in [5.74, 6) is 1.16. The molecule has 4 N–H and O–H groups in total. The maximum absolute atomic E-state index is 6.09. The fourth-order valence-electron chi connectivity index (χ4n) is 1.80. The molecule has 6 nitrogen and oxygen atoms in total. The summed E-state index contributed by atoms with van der Waals surface area (Å²) in [6.45, 7) is 0.652. The second-order valence-corrected chi connectivity index (χ2v) is 5.18. The topological polar surface area (TPSA) is 88.8 Å². The monoisotopic (exact) mass is 298 g/mol. The highest BCUT2D eigenvalue weighted by atomic mass is 32.1. The molecule has 0 atom stereocenters. The second kappa shape index (κ2) is 6.19. The predicted molar refractivity (Wildman–Crippen MR) is 85.6 cm³/mol. The van der Waals surface area contributed by atoms with Gasteiger partial charge in [-0.3, -0.25) is 0 Å². The Morgan fingerprint density at radius 3 is 2.62 bits per heavy atom. The average Bonchev–Trinajstić information content (AvgIpc) is 3.02. The minimum absolute atomic E-state index is 0.476. The van der Waals surface area contributed by atoms with Gasteiger partial charge >= 0.3 is 0 Å². The van der Waals surface area contributed by atoms with Gasteiger partial charge in [0.15, 0.2) is 16.8 Å². The second-order valence-electron chi connectivity index (χ2n) is 4.29. The molecule has 3 aromatic rings. The van der Waals surface area contributed by atoms with E-state index in [-0.39, 0.29) is 0 Å². The van der Waals surface area contributed by atoms with Gasteiger partial charge in [-0.15, -0.1) is 11.3 Å². The third kappa shape index (κ3) is 3.26. The Labute approximate surface area is 126 Å². The van der Waals surface area contributed by atoms with Crippen molar-refractivity contribution in [1.82, 2.24) is 15.0 Å². The van der Waals surface area contributed by atoms with Crippen LogP contribution in [0.3, 0.4) is 0 Å². The molecule has 0 unspecified atom stereocenters.